The van der Waals surface area contributed by atoms with Gasteiger partial charge in [-0.15, -0.1) is 0 Å². The van der Waals surface area contributed by atoms with Crippen molar-refractivity contribution in [3.63, 3.8) is 0 Å². The lowest BCUT2D eigenvalue weighted by molar-refractivity contribution is -0.385. The van der Waals surface area contributed by atoms with Crippen LogP contribution in [-0.4, -0.2) is 27.4 Å². The van der Waals surface area contributed by atoms with E-state index in [1.807, 2.05) is 16.7 Å². The molecular weight excluding hydrogens is 310 g/mol. The standard InChI is InChI=1S/C17H15N3O4/c21-12-14-11-13-5-3-8-18-17(13)19(14)9-4-10-24-16-7-2-1-6-15(16)20(22)23/h1-3,5-8,11-12H,4,9-10H2. The van der Waals surface area contributed by atoms with Gasteiger partial charge in [0.05, 0.1) is 17.2 Å². The first-order valence-electron chi connectivity index (χ1n) is 7.46. The van der Waals surface area contributed by atoms with Gasteiger partial charge < -0.3 is 9.30 Å². The number of aromatic nitrogens is 2. The van der Waals surface area contributed by atoms with Crippen LogP contribution in [-0.2, 0) is 6.54 Å². The second-order valence-electron chi connectivity index (χ2n) is 5.18. The van der Waals surface area contributed by atoms with Gasteiger partial charge in [0, 0.05) is 24.2 Å². The predicted molar refractivity (Wildman–Crippen MR) is 88.3 cm³/mol. The highest BCUT2D eigenvalue weighted by molar-refractivity contribution is 5.86. The summed E-state index contributed by atoms with van der Waals surface area (Å²) in [5, 5.41) is 11.8. The van der Waals surface area contributed by atoms with E-state index in [1.54, 1.807) is 30.5 Å². The molecule has 7 heteroatoms. The van der Waals surface area contributed by atoms with Crippen LogP contribution in [0.5, 0.6) is 5.75 Å². The van der Waals surface area contributed by atoms with Crippen molar-refractivity contribution in [2.24, 2.45) is 0 Å². The number of hydrogen-bond donors (Lipinski definition) is 0. The molecule has 0 unspecified atom stereocenters. The van der Waals surface area contributed by atoms with E-state index >= 15 is 0 Å². The van der Waals surface area contributed by atoms with Gasteiger partial charge in [0.15, 0.2) is 12.0 Å². The van der Waals surface area contributed by atoms with Crippen LogP contribution in [0.3, 0.4) is 0 Å². The lowest BCUT2D eigenvalue weighted by Crippen LogP contribution is -2.08. The lowest BCUT2D eigenvalue weighted by Gasteiger charge is -2.09. The highest BCUT2D eigenvalue weighted by Crippen LogP contribution is 2.26. The summed E-state index contributed by atoms with van der Waals surface area (Å²) in [4.78, 5) is 26.0. The third-order valence-corrected chi connectivity index (χ3v) is 3.65. The van der Waals surface area contributed by atoms with Crippen molar-refractivity contribution in [1.29, 1.82) is 0 Å². The van der Waals surface area contributed by atoms with Crippen molar-refractivity contribution >= 4 is 23.0 Å². The summed E-state index contributed by atoms with van der Waals surface area (Å²) >= 11 is 0. The van der Waals surface area contributed by atoms with Crippen LogP contribution < -0.4 is 4.74 Å². The summed E-state index contributed by atoms with van der Waals surface area (Å²) in [6, 6.07) is 11.8. The van der Waals surface area contributed by atoms with Crippen molar-refractivity contribution in [3.05, 3.63) is 64.5 Å². The molecule has 0 aliphatic carbocycles. The number of benzene rings is 1. The fourth-order valence-electron chi connectivity index (χ4n) is 2.57. The first-order chi connectivity index (χ1) is 11.7. The summed E-state index contributed by atoms with van der Waals surface area (Å²) < 4.78 is 7.34. The maximum atomic E-state index is 11.2. The molecule has 0 N–H and O–H groups in total. The van der Waals surface area contributed by atoms with Crippen LogP contribution in [0, 0.1) is 10.1 Å². The molecule has 0 aliphatic rings. The quantitative estimate of drug-likeness (QED) is 0.288. The van der Waals surface area contributed by atoms with Crippen molar-refractivity contribution in [2.45, 2.75) is 13.0 Å². The minimum Gasteiger partial charge on any atom is -0.487 e. The number of fused-ring (bicyclic) bond motifs is 1. The molecule has 3 aromatic rings. The molecule has 2 aromatic heterocycles. The molecule has 2 heterocycles. The van der Waals surface area contributed by atoms with Crippen LogP contribution in [0.1, 0.15) is 16.9 Å². The van der Waals surface area contributed by atoms with E-state index in [4.69, 9.17) is 4.74 Å². The maximum Gasteiger partial charge on any atom is 0.310 e. The molecule has 0 bridgehead atoms. The highest BCUT2D eigenvalue weighted by atomic mass is 16.6. The van der Waals surface area contributed by atoms with E-state index in [2.05, 4.69) is 4.98 Å². The van der Waals surface area contributed by atoms with E-state index in [9.17, 15) is 14.9 Å². The molecule has 0 saturated carbocycles. The Balaban J connectivity index is 1.68. The molecule has 0 amide bonds. The minimum atomic E-state index is -0.469. The zero-order valence-electron chi connectivity index (χ0n) is 12.8. The smallest absolute Gasteiger partial charge is 0.310 e. The molecule has 0 aliphatic heterocycles. The Hall–Kier alpha value is -3.22. The van der Waals surface area contributed by atoms with E-state index < -0.39 is 4.92 Å². The normalized spacial score (nSPS) is 10.7. The SMILES string of the molecule is O=Cc1cc2cccnc2n1CCCOc1ccccc1[N+](=O)[O-]. The van der Waals surface area contributed by atoms with Gasteiger partial charge in [-0.25, -0.2) is 4.98 Å². The van der Waals surface area contributed by atoms with Gasteiger partial charge in [-0.3, -0.25) is 14.9 Å². The fourth-order valence-corrected chi connectivity index (χ4v) is 2.57. The number of ether oxygens (including phenoxy) is 1. The molecule has 7 nitrogen and oxygen atoms in total. The van der Waals surface area contributed by atoms with Crippen LogP contribution in [0.15, 0.2) is 48.7 Å². The van der Waals surface area contributed by atoms with E-state index in [-0.39, 0.29) is 11.4 Å². The number of carbonyl (C=O) groups is 1. The Morgan fingerprint density at radius 3 is 2.88 bits per heavy atom. The first-order valence-corrected chi connectivity index (χ1v) is 7.46. The summed E-state index contributed by atoms with van der Waals surface area (Å²) in [7, 11) is 0. The van der Waals surface area contributed by atoms with Crippen molar-refractivity contribution < 1.29 is 14.5 Å². The highest BCUT2D eigenvalue weighted by Gasteiger charge is 2.13. The second-order valence-corrected chi connectivity index (χ2v) is 5.18. The number of hydrogen-bond acceptors (Lipinski definition) is 5. The molecule has 0 radical (unpaired) electrons. The fraction of sp³-hybridized carbons (Fsp3) is 0.176. The lowest BCUT2D eigenvalue weighted by atomic mass is 10.3. The zero-order valence-corrected chi connectivity index (χ0v) is 12.8. The topological polar surface area (TPSA) is 87.3 Å². The number of nitrogens with zero attached hydrogens (tertiary/aromatic N) is 3. The maximum absolute atomic E-state index is 11.2. The molecule has 1 aromatic carbocycles. The Labute approximate surface area is 137 Å². The van der Waals surface area contributed by atoms with E-state index in [0.29, 0.717) is 25.3 Å². The van der Waals surface area contributed by atoms with Crippen LogP contribution in [0.25, 0.3) is 11.0 Å². The summed E-state index contributed by atoms with van der Waals surface area (Å²) in [5.74, 6) is 0.244. The number of carbonyl (C=O) groups excluding carboxylic acids is 1. The largest absolute Gasteiger partial charge is 0.487 e. The third kappa shape index (κ3) is 3.10. The Morgan fingerprint density at radius 1 is 1.25 bits per heavy atom. The number of pyridine rings is 1. The van der Waals surface area contributed by atoms with Gasteiger partial charge in [-0.2, -0.15) is 0 Å². The molecule has 122 valence electrons. The average Bonchev–Trinajstić information content (AvgIpc) is 2.97. The summed E-state index contributed by atoms with van der Waals surface area (Å²) in [6.07, 6.45) is 3.06. The predicted octanol–water partition coefficient (Wildman–Crippen LogP) is 3.23. The summed E-state index contributed by atoms with van der Waals surface area (Å²) in [6.45, 7) is 0.838. The molecule has 0 fully saturated rings. The third-order valence-electron chi connectivity index (χ3n) is 3.65. The van der Waals surface area contributed by atoms with Crippen LogP contribution in [0.4, 0.5) is 5.69 Å². The van der Waals surface area contributed by atoms with Gasteiger partial charge >= 0.3 is 5.69 Å². The number of nitro benzene ring substituents is 1. The van der Waals surface area contributed by atoms with Crippen molar-refractivity contribution in [1.82, 2.24) is 9.55 Å². The van der Waals surface area contributed by atoms with Gasteiger partial charge in [0.2, 0.25) is 0 Å². The van der Waals surface area contributed by atoms with E-state index in [0.717, 1.165) is 17.3 Å². The molecule has 0 saturated heterocycles. The van der Waals surface area contributed by atoms with Crippen molar-refractivity contribution in [3.8, 4) is 5.75 Å². The number of nitro groups is 1. The van der Waals surface area contributed by atoms with Gasteiger partial charge in [-0.05, 0) is 30.7 Å². The van der Waals surface area contributed by atoms with Gasteiger partial charge in [-0.1, -0.05) is 12.1 Å². The average molecular weight is 325 g/mol. The molecule has 0 spiro atoms. The van der Waals surface area contributed by atoms with Crippen molar-refractivity contribution in [2.75, 3.05) is 6.61 Å². The molecule has 0 atom stereocenters. The number of aryl methyl sites for hydroxylation is 1. The molecule has 24 heavy (non-hydrogen) atoms. The van der Waals surface area contributed by atoms with Crippen LogP contribution >= 0.6 is 0 Å². The van der Waals surface area contributed by atoms with Gasteiger partial charge in [0.25, 0.3) is 0 Å². The second kappa shape index (κ2) is 6.91. The Kier molecular flexibility index (Phi) is 4.51. The monoisotopic (exact) mass is 325 g/mol. The Bertz CT molecular complexity index is 888. The number of aldehydes is 1. The number of rotatable bonds is 7. The molecule has 3 rings (SSSR count). The minimum absolute atomic E-state index is 0.0563. The Morgan fingerprint density at radius 2 is 2.08 bits per heavy atom. The first kappa shape index (κ1) is 15.7. The summed E-state index contributed by atoms with van der Waals surface area (Å²) in [5.41, 5.74) is 1.24. The number of para-hydroxylation sites is 2. The van der Waals surface area contributed by atoms with Gasteiger partial charge in [0.1, 0.15) is 5.65 Å². The molecular formula is C17H15N3O4. The van der Waals surface area contributed by atoms with E-state index in [1.165, 1.54) is 6.07 Å². The van der Waals surface area contributed by atoms with Crippen LogP contribution in [0.2, 0.25) is 0 Å². The zero-order chi connectivity index (χ0) is 16.9.